The van der Waals surface area contributed by atoms with Crippen molar-refractivity contribution < 1.29 is 4.79 Å². The predicted molar refractivity (Wildman–Crippen MR) is 87.2 cm³/mol. The van der Waals surface area contributed by atoms with Crippen molar-refractivity contribution in [3.8, 4) is 0 Å². The second kappa shape index (κ2) is 6.36. The lowest BCUT2D eigenvalue weighted by atomic mass is 10.1. The van der Waals surface area contributed by atoms with Gasteiger partial charge in [-0.25, -0.2) is 4.68 Å². The van der Waals surface area contributed by atoms with Gasteiger partial charge >= 0.3 is 0 Å². The molecule has 2 aromatic rings. The fourth-order valence-electron chi connectivity index (χ4n) is 2.92. The van der Waals surface area contributed by atoms with Gasteiger partial charge < -0.3 is 9.80 Å². The van der Waals surface area contributed by atoms with Gasteiger partial charge in [0.15, 0.2) is 5.82 Å². The standard InChI is InChI=1S/C16H22N6O/c1-12-5-4-6-14(13(12)2)21-7-9-22(10-8-21)16(23)11-15-17-18-19-20(15)3/h4-6H,7-11H2,1-3H3. The quantitative estimate of drug-likeness (QED) is 0.835. The van der Waals surface area contributed by atoms with E-state index in [1.54, 1.807) is 11.7 Å². The maximum Gasteiger partial charge on any atom is 0.230 e. The fraction of sp³-hybridized carbons (Fsp3) is 0.500. The molecule has 1 aromatic carbocycles. The zero-order valence-corrected chi connectivity index (χ0v) is 13.9. The Morgan fingerprint density at radius 1 is 1.17 bits per heavy atom. The van der Waals surface area contributed by atoms with Gasteiger partial charge in [-0.15, -0.1) is 5.10 Å². The third kappa shape index (κ3) is 3.18. The molecule has 122 valence electrons. The third-order valence-corrected chi connectivity index (χ3v) is 4.57. The molecule has 7 heteroatoms. The van der Waals surface area contributed by atoms with Crippen molar-refractivity contribution >= 4 is 11.6 Å². The molecule has 23 heavy (non-hydrogen) atoms. The minimum atomic E-state index is 0.0866. The van der Waals surface area contributed by atoms with Gasteiger partial charge in [0, 0.05) is 38.9 Å². The molecule has 1 amide bonds. The van der Waals surface area contributed by atoms with Gasteiger partial charge in [-0.1, -0.05) is 12.1 Å². The van der Waals surface area contributed by atoms with Gasteiger partial charge in [0.25, 0.3) is 0 Å². The minimum Gasteiger partial charge on any atom is -0.368 e. The first kappa shape index (κ1) is 15.5. The van der Waals surface area contributed by atoms with Crippen molar-refractivity contribution in [3.05, 3.63) is 35.2 Å². The molecule has 1 aliphatic heterocycles. The molecule has 0 bridgehead atoms. The van der Waals surface area contributed by atoms with E-state index in [4.69, 9.17) is 0 Å². The van der Waals surface area contributed by atoms with E-state index in [2.05, 4.69) is 52.5 Å². The molecule has 0 saturated carbocycles. The molecule has 0 atom stereocenters. The number of nitrogens with zero attached hydrogens (tertiary/aromatic N) is 6. The topological polar surface area (TPSA) is 67.2 Å². The van der Waals surface area contributed by atoms with Gasteiger partial charge in [0.1, 0.15) is 0 Å². The van der Waals surface area contributed by atoms with E-state index in [9.17, 15) is 4.79 Å². The number of tetrazole rings is 1. The smallest absolute Gasteiger partial charge is 0.230 e. The van der Waals surface area contributed by atoms with E-state index in [0.29, 0.717) is 5.82 Å². The van der Waals surface area contributed by atoms with Crippen LogP contribution in [0.1, 0.15) is 17.0 Å². The monoisotopic (exact) mass is 314 g/mol. The molecule has 1 aromatic heterocycles. The molecular weight excluding hydrogens is 292 g/mol. The van der Waals surface area contributed by atoms with Crippen LogP contribution in [0, 0.1) is 13.8 Å². The predicted octanol–water partition coefficient (Wildman–Crippen LogP) is 0.718. The largest absolute Gasteiger partial charge is 0.368 e. The molecular formula is C16H22N6O. The van der Waals surface area contributed by atoms with E-state index < -0.39 is 0 Å². The molecule has 7 nitrogen and oxygen atoms in total. The SMILES string of the molecule is Cc1cccc(N2CCN(C(=O)Cc3nnnn3C)CC2)c1C. The Kier molecular flexibility index (Phi) is 4.27. The zero-order chi connectivity index (χ0) is 16.4. The third-order valence-electron chi connectivity index (χ3n) is 4.57. The van der Waals surface area contributed by atoms with E-state index >= 15 is 0 Å². The summed E-state index contributed by atoms with van der Waals surface area (Å²) in [6.07, 6.45) is 0.257. The summed E-state index contributed by atoms with van der Waals surface area (Å²) in [6, 6.07) is 6.38. The Balaban J connectivity index is 1.61. The molecule has 2 heterocycles. The Labute approximate surface area is 135 Å². The average molecular weight is 314 g/mol. The highest BCUT2D eigenvalue weighted by molar-refractivity contribution is 5.78. The van der Waals surface area contributed by atoms with Crippen LogP contribution >= 0.6 is 0 Å². The number of aromatic nitrogens is 4. The summed E-state index contributed by atoms with van der Waals surface area (Å²) in [7, 11) is 1.75. The first-order valence-corrected chi connectivity index (χ1v) is 7.86. The number of hydrogen-bond acceptors (Lipinski definition) is 5. The zero-order valence-electron chi connectivity index (χ0n) is 13.9. The van der Waals surface area contributed by atoms with Crippen LogP contribution in [0.3, 0.4) is 0 Å². The van der Waals surface area contributed by atoms with Gasteiger partial charge in [0.05, 0.1) is 6.42 Å². The highest BCUT2D eigenvalue weighted by Crippen LogP contribution is 2.23. The van der Waals surface area contributed by atoms with E-state index in [0.717, 1.165) is 26.2 Å². The molecule has 3 rings (SSSR count). The van der Waals surface area contributed by atoms with Gasteiger partial charge in [-0.05, 0) is 41.5 Å². The number of aryl methyl sites for hydroxylation is 2. The maximum atomic E-state index is 12.4. The summed E-state index contributed by atoms with van der Waals surface area (Å²) < 4.78 is 1.55. The summed E-state index contributed by atoms with van der Waals surface area (Å²) >= 11 is 0. The van der Waals surface area contributed by atoms with Crippen molar-refractivity contribution in [3.63, 3.8) is 0 Å². The molecule has 1 saturated heterocycles. The van der Waals surface area contributed by atoms with Crippen molar-refractivity contribution in [1.82, 2.24) is 25.1 Å². The molecule has 1 aliphatic rings. The fourth-order valence-corrected chi connectivity index (χ4v) is 2.92. The summed E-state index contributed by atoms with van der Waals surface area (Å²) in [4.78, 5) is 16.6. The Morgan fingerprint density at radius 3 is 2.57 bits per heavy atom. The molecule has 0 N–H and O–H groups in total. The molecule has 0 unspecified atom stereocenters. The van der Waals surface area contributed by atoms with E-state index in [1.807, 2.05) is 4.90 Å². The number of amides is 1. The van der Waals surface area contributed by atoms with Crippen LogP contribution in [0.5, 0.6) is 0 Å². The number of anilines is 1. The van der Waals surface area contributed by atoms with Crippen LogP contribution < -0.4 is 4.90 Å². The number of hydrogen-bond donors (Lipinski definition) is 0. The van der Waals surface area contributed by atoms with Crippen molar-refractivity contribution in [2.75, 3.05) is 31.1 Å². The Morgan fingerprint density at radius 2 is 1.91 bits per heavy atom. The number of carbonyl (C=O) groups is 1. The van der Waals surface area contributed by atoms with E-state index in [-0.39, 0.29) is 12.3 Å². The average Bonchev–Trinajstić information content (AvgIpc) is 2.95. The first-order chi connectivity index (χ1) is 11.1. The summed E-state index contributed by atoms with van der Waals surface area (Å²) in [5, 5.41) is 11.2. The highest BCUT2D eigenvalue weighted by atomic mass is 16.2. The Hall–Kier alpha value is -2.44. The van der Waals surface area contributed by atoms with Crippen molar-refractivity contribution in [1.29, 1.82) is 0 Å². The van der Waals surface area contributed by atoms with Gasteiger partial charge in [0.2, 0.25) is 5.91 Å². The van der Waals surface area contributed by atoms with Crippen LogP contribution in [-0.2, 0) is 18.3 Å². The molecule has 0 spiro atoms. The Bertz CT molecular complexity index is 702. The first-order valence-electron chi connectivity index (χ1n) is 7.86. The number of carbonyl (C=O) groups excluding carboxylic acids is 1. The second-order valence-corrected chi connectivity index (χ2v) is 5.98. The van der Waals surface area contributed by atoms with Crippen LogP contribution in [0.25, 0.3) is 0 Å². The van der Waals surface area contributed by atoms with Gasteiger partial charge in [-0.3, -0.25) is 4.79 Å². The van der Waals surface area contributed by atoms with Crippen molar-refractivity contribution in [2.24, 2.45) is 7.05 Å². The molecule has 0 aliphatic carbocycles. The summed E-state index contributed by atoms with van der Waals surface area (Å²) in [5.74, 6) is 0.690. The van der Waals surface area contributed by atoms with Crippen LogP contribution in [0.15, 0.2) is 18.2 Å². The van der Waals surface area contributed by atoms with Crippen LogP contribution in [-0.4, -0.2) is 57.2 Å². The minimum absolute atomic E-state index is 0.0866. The lowest BCUT2D eigenvalue weighted by molar-refractivity contribution is -0.130. The molecule has 0 radical (unpaired) electrons. The van der Waals surface area contributed by atoms with Gasteiger partial charge in [-0.2, -0.15) is 0 Å². The lowest BCUT2D eigenvalue weighted by Crippen LogP contribution is -2.49. The number of piperazine rings is 1. The maximum absolute atomic E-state index is 12.4. The van der Waals surface area contributed by atoms with Crippen molar-refractivity contribution in [2.45, 2.75) is 20.3 Å². The van der Waals surface area contributed by atoms with Crippen LogP contribution in [0.4, 0.5) is 5.69 Å². The normalized spacial score (nSPS) is 15.1. The molecule has 1 fully saturated rings. The number of rotatable bonds is 3. The summed E-state index contributed by atoms with van der Waals surface area (Å²) in [6.45, 7) is 7.46. The van der Waals surface area contributed by atoms with E-state index in [1.165, 1.54) is 16.8 Å². The second-order valence-electron chi connectivity index (χ2n) is 5.98. The van der Waals surface area contributed by atoms with Crippen LogP contribution in [0.2, 0.25) is 0 Å². The number of benzene rings is 1. The highest BCUT2D eigenvalue weighted by Gasteiger charge is 2.23. The summed E-state index contributed by atoms with van der Waals surface area (Å²) in [5.41, 5.74) is 3.89. The lowest BCUT2D eigenvalue weighted by Gasteiger charge is -2.37.